The van der Waals surface area contributed by atoms with Crippen LogP contribution in [0.25, 0.3) is 0 Å². The summed E-state index contributed by atoms with van der Waals surface area (Å²) in [5, 5.41) is 11.7. The van der Waals surface area contributed by atoms with Crippen LogP contribution in [0.15, 0.2) is 42.2 Å². The second kappa shape index (κ2) is 10.4. The quantitative estimate of drug-likeness (QED) is 0.409. The Bertz CT molecular complexity index is 1290. The molecule has 0 saturated heterocycles. The van der Waals surface area contributed by atoms with E-state index in [1.807, 2.05) is 17.7 Å². The number of ketones is 1. The van der Waals surface area contributed by atoms with Crippen molar-refractivity contribution in [2.45, 2.75) is 32.9 Å². The molecule has 1 aliphatic rings. The molecular formula is C25H28N4O6S. The average molecular weight is 513 g/mol. The van der Waals surface area contributed by atoms with E-state index in [9.17, 15) is 14.7 Å². The van der Waals surface area contributed by atoms with Crippen molar-refractivity contribution in [3.8, 4) is 17.2 Å². The van der Waals surface area contributed by atoms with Crippen LogP contribution in [0.1, 0.15) is 38.4 Å². The number of ether oxygens (including phenoxy) is 3. The van der Waals surface area contributed by atoms with E-state index in [4.69, 9.17) is 14.2 Å². The van der Waals surface area contributed by atoms with Crippen molar-refractivity contribution in [2.24, 2.45) is 0 Å². The zero-order valence-electron chi connectivity index (χ0n) is 20.8. The minimum Gasteiger partial charge on any atom is -0.503 e. The number of thiazole rings is 1. The molecule has 0 spiro atoms. The van der Waals surface area contributed by atoms with Crippen molar-refractivity contribution < 1.29 is 28.9 Å². The SMILES string of the molecule is COc1cc([C@@H]2C(C(=O)c3sc(C)nc3C)=C(O)C(=O)N2CCCn2ccnc2)cc(OC)c1OC. The molecule has 1 atom stereocenters. The van der Waals surface area contributed by atoms with Gasteiger partial charge in [-0.3, -0.25) is 9.59 Å². The van der Waals surface area contributed by atoms with Crippen molar-refractivity contribution in [1.82, 2.24) is 19.4 Å². The second-order valence-corrected chi connectivity index (χ2v) is 9.46. The Morgan fingerprint density at radius 1 is 1.11 bits per heavy atom. The molecule has 1 N–H and O–H groups in total. The van der Waals surface area contributed by atoms with E-state index in [1.165, 1.54) is 37.6 Å². The van der Waals surface area contributed by atoms with E-state index in [0.717, 1.165) is 5.01 Å². The molecule has 1 aliphatic heterocycles. The first-order valence-electron chi connectivity index (χ1n) is 11.3. The fraction of sp³-hybridized carbons (Fsp3) is 0.360. The van der Waals surface area contributed by atoms with Crippen molar-refractivity contribution in [3.63, 3.8) is 0 Å². The molecule has 0 saturated carbocycles. The Kier molecular flexibility index (Phi) is 7.30. The smallest absolute Gasteiger partial charge is 0.290 e. The summed E-state index contributed by atoms with van der Waals surface area (Å²) in [6.45, 7) is 4.45. The number of imidazole rings is 1. The van der Waals surface area contributed by atoms with Gasteiger partial charge in [0.2, 0.25) is 11.5 Å². The van der Waals surface area contributed by atoms with Gasteiger partial charge in [-0.1, -0.05) is 0 Å². The second-order valence-electron chi connectivity index (χ2n) is 8.25. The molecule has 190 valence electrons. The molecule has 4 rings (SSSR count). The average Bonchev–Trinajstić information content (AvgIpc) is 3.57. The summed E-state index contributed by atoms with van der Waals surface area (Å²) in [5.41, 5.74) is 1.10. The Morgan fingerprint density at radius 3 is 2.33 bits per heavy atom. The number of benzene rings is 1. The highest BCUT2D eigenvalue weighted by Crippen LogP contribution is 2.46. The van der Waals surface area contributed by atoms with Gasteiger partial charge in [0.15, 0.2) is 17.3 Å². The third kappa shape index (κ3) is 4.53. The van der Waals surface area contributed by atoms with Crippen molar-refractivity contribution in [1.29, 1.82) is 0 Å². The molecule has 36 heavy (non-hydrogen) atoms. The first kappa shape index (κ1) is 25.2. The van der Waals surface area contributed by atoms with Gasteiger partial charge in [-0.15, -0.1) is 11.3 Å². The number of carbonyl (C=O) groups is 2. The minimum absolute atomic E-state index is 0.00338. The Labute approximate surface area is 212 Å². The number of amides is 1. The summed E-state index contributed by atoms with van der Waals surface area (Å²) < 4.78 is 18.4. The van der Waals surface area contributed by atoms with Gasteiger partial charge >= 0.3 is 0 Å². The van der Waals surface area contributed by atoms with E-state index >= 15 is 0 Å². The topological polar surface area (TPSA) is 116 Å². The summed E-state index contributed by atoms with van der Waals surface area (Å²) in [6.07, 6.45) is 5.80. The van der Waals surface area contributed by atoms with Crippen LogP contribution in [-0.4, -0.2) is 64.1 Å². The number of methoxy groups -OCH3 is 3. The largest absolute Gasteiger partial charge is 0.503 e. The Hall–Kier alpha value is -3.86. The Morgan fingerprint density at radius 2 is 1.81 bits per heavy atom. The zero-order valence-corrected chi connectivity index (χ0v) is 21.6. The monoisotopic (exact) mass is 512 g/mol. The fourth-order valence-corrected chi connectivity index (χ4v) is 5.30. The third-order valence-corrected chi connectivity index (χ3v) is 7.11. The first-order valence-corrected chi connectivity index (χ1v) is 12.1. The number of aliphatic hydroxyl groups is 1. The summed E-state index contributed by atoms with van der Waals surface area (Å²) in [7, 11) is 4.48. The number of nitrogens with zero attached hydrogens (tertiary/aromatic N) is 4. The lowest BCUT2D eigenvalue weighted by Gasteiger charge is -2.28. The first-order chi connectivity index (χ1) is 17.3. The molecule has 0 fully saturated rings. The van der Waals surface area contributed by atoms with Gasteiger partial charge in [-0.25, -0.2) is 9.97 Å². The molecule has 0 unspecified atom stereocenters. The lowest BCUT2D eigenvalue weighted by Crippen LogP contribution is -2.32. The summed E-state index contributed by atoms with van der Waals surface area (Å²) >= 11 is 1.23. The lowest BCUT2D eigenvalue weighted by atomic mass is 9.94. The van der Waals surface area contributed by atoms with Crippen LogP contribution in [0, 0.1) is 13.8 Å². The molecule has 2 aromatic heterocycles. The van der Waals surface area contributed by atoms with Gasteiger partial charge in [-0.2, -0.15) is 0 Å². The predicted molar refractivity (Wildman–Crippen MR) is 133 cm³/mol. The zero-order chi connectivity index (χ0) is 26.0. The van der Waals surface area contributed by atoms with E-state index < -0.39 is 23.5 Å². The van der Waals surface area contributed by atoms with Crippen LogP contribution in [0.3, 0.4) is 0 Å². The van der Waals surface area contributed by atoms with Gasteiger partial charge in [0, 0.05) is 25.5 Å². The number of aliphatic hydroxyl groups excluding tert-OH is 1. The van der Waals surface area contributed by atoms with Crippen molar-refractivity contribution in [3.05, 3.63) is 63.3 Å². The maximum atomic E-state index is 13.7. The molecule has 3 heterocycles. The highest BCUT2D eigenvalue weighted by atomic mass is 32.1. The summed E-state index contributed by atoms with van der Waals surface area (Å²) in [6, 6.07) is 2.53. The fourth-order valence-electron chi connectivity index (χ4n) is 4.43. The van der Waals surface area contributed by atoms with Gasteiger partial charge in [-0.05, 0) is 38.0 Å². The number of hydrogen-bond donors (Lipinski definition) is 1. The number of carbonyl (C=O) groups excluding carboxylic acids is 2. The molecule has 1 aromatic carbocycles. The minimum atomic E-state index is -0.858. The van der Waals surface area contributed by atoms with Gasteiger partial charge in [0.1, 0.15) is 0 Å². The number of aryl methyl sites for hydroxylation is 3. The summed E-state index contributed by atoms with van der Waals surface area (Å²) in [4.78, 5) is 37.3. The van der Waals surface area contributed by atoms with E-state index in [1.54, 1.807) is 31.6 Å². The van der Waals surface area contributed by atoms with Crippen molar-refractivity contribution >= 4 is 23.0 Å². The van der Waals surface area contributed by atoms with Crippen LogP contribution >= 0.6 is 11.3 Å². The normalized spacial score (nSPS) is 15.5. The van der Waals surface area contributed by atoms with Crippen LogP contribution < -0.4 is 14.2 Å². The van der Waals surface area contributed by atoms with Gasteiger partial charge < -0.3 is 28.8 Å². The van der Waals surface area contributed by atoms with Crippen LogP contribution in [0.4, 0.5) is 0 Å². The highest BCUT2D eigenvalue weighted by Gasteiger charge is 2.44. The van der Waals surface area contributed by atoms with Crippen LogP contribution in [0.5, 0.6) is 17.2 Å². The predicted octanol–water partition coefficient (Wildman–Crippen LogP) is 3.65. The van der Waals surface area contributed by atoms with Crippen LogP contribution in [0.2, 0.25) is 0 Å². The van der Waals surface area contributed by atoms with E-state index in [-0.39, 0.29) is 5.57 Å². The van der Waals surface area contributed by atoms with E-state index in [0.29, 0.717) is 52.9 Å². The Balaban J connectivity index is 1.80. The molecule has 1 amide bonds. The number of rotatable bonds is 10. The van der Waals surface area contributed by atoms with Crippen molar-refractivity contribution in [2.75, 3.05) is 27.9 Å². The molecular weight excluding hydrogens is 484 g/mol. The third-order valence-electron chi connectivity index (χ3n) is 6.04. The molecule has 0 bridgehead atoms. The standard InChI is InChI=1S/C25H28N4O6S/c1-14-24(36-15(2)27-14)21(30)19-20(16-11-17(33-3)23(35-5)18(12-16)34-4)29(25(32)22(19)31)9-6-8-28-10-7-26-13-28/h7,10-13,20,31H,6,8-9H2,1-5H3/t20-/m1/s1. The number of hydrogen-bond acceptors (Lipinski definition) is 9. The van der Waals surface area contributed by atoms with Gasteiger partial charge in [0.05, 0.1) is 54.9 Å². The van der Waals surface area contributed by atoms with Gasteiger partial charge in [0.25, 0.3) is 5.91 Å². The molecule has 11 heteroatoms. The molecule has 10 nitrogen and oxygen atoms in total. The lowest BCUT2D eigenvalue weighted by molar-refractivity contribution is -0.129. The van der Waals surface area contributed by atoms with E-state index in [2.05, 4.69) is 9.97 Å². The molecule has 0 radical (unpaired) electrons. The molecule has 3 aromatic rings. The maximum absolute atomic E-state index is 13.7. The van der Waals surface area contributed by atoms with Crippen LogP contribution in [-0.2, 0) is 11.3 Å². The number of aromatic nitrogens is 3. The molecule has 0 aliphatic carbocycles. The summed E-state index contributed by atoms with van der Waals surface area (Å²) in [5.74, 6) is -0.468. The number of Topliss-reactive ketones (excluding diaryl/α,β-unsaturated/α-hetero) is 1. The maximum Gasteiger partial charge on any atom is 0.290 e. The highest BCUT2D eigenvalue weighted by molar-refractivity contribution is 7.14.